The van der Waals surface area contributed by atoms with Crippen LogP contribution in [-0.2, 0) is 6.42 Å². The lowest BCUT2D eigenvalue weighted by Crippen LogP contribution is -2.00. The molecule has 0 unspecified atom stereocenters. The Labute approximate surface area is 70.6 Å². The van der Waals surface area contributed by atoms with Crippen molar-refractivity contribution in [3.8, 4) is 0 Å². The first-order valence-electron chi connectivity index (χ1n) is 3.51. The Morgan fingerprint density at radius 1 is 1.64 bits per heavy atom. The molecule has 0 amide bonds. The summed E-state index contributed by atoms with van der Waals surface area (Å²) in [5.74, 6) is 0.483. The monoisotopic (exact) mass is 171 g/mol. The molecule has 60 valence electrons. The molecule has 1 heterocycles. The van der Waals surface area contributed by atoms with Crippen molar-refractivity contribution < 1.29 is 0 Å². The minimum atomic E-state index is 0.405. The number of nitrogen functional groups attached to an aromatic ring is 1. The molecule has 0 saturated heterocycles. The highest BCUT2D eigenvalue weighted by molar-refractivity contribution is 6.29. The number of nitrogens with two attached hydrogens (primary N) is 1. The summed E-state index contributed by atoms with van der Waals surface area (Å²) in [7, 11) is 0. The van der Waals surface area contributed by atoms with Crippen LogP contribution in [0.1, 0.15) is 19.0 Å². The van der Waals surface area contributed by atoms with Crippen LogP contribution >= 0.6 is 11.6 Å². The van der Waals surface area contributed by atoms with Gasteiger partial charge in [0.25, 0.3) is 0 Å². The van der Waals surface area contributed by atoms with Crippen molar-refractivity contribution in [3.63, 3.8) is 0 Å². The Kier molecular flexibility index (Phi) is 2.65. The molecular formula is C7H10ClN3. The topological polar surface area (TPSA) is 51.8 Å². The van der Waals surface area contributed by atoms with Crippen LogP contribution in [0.2, 0.25) is 5.15 Å². The van der Waals surface area contributed by atoms with Gasteiger partial charge in [0.15, 0.2) is 0 Å². The lowest BCUT2D eigenvalue weighted by atomic mass is 10.2. The lowest BCUT2D eigenvalue weighted by molar-refractivity contribution is 0.876. The fourth-order valence-electron chi connectivity index (χ4n) is 0.833. The van der Waals surface area contributed by atoms with Crippen molar-refractivity contribution in [3.05, 3.63) is 17.0 Å². The van der Waals surface area contributed by atoms with Crippen LogP contribution in [-0.4, -0.2) is 9.97 Å². The fraction of sp³-hybridized carbons (Fsp3) is 0.429. The van der Waals surface area contributed by atoms with Gasteiger partial charge in [-0.3, -0.25) is 0 Å². The lowest BCUT2D eigenvalue weighted by Gasteiger charge is -2.00. The molecule has 0 spiro atoms. The van der Waals surface area contributed by atoms with E-state index in [1.165, 1.54) is 6.20 Å². The maximum atomic E-state index is 5.62. The van der Waals surface area contributed by atoms with Gasteiger partial charge in [0.1, 0.15) is 11.0 Å². The van der Waals surface area contributed by atoms with E-state index in [1.807, 2.05) is 0 Å². The summed E-state index contributed by atoms with van der Waals surface area (Å²) in [5, 5.41) is 0.405. The largest absolute Gasteiger partial charge is 0.382 e. The van der Waals surface area contributed by atoms with Crippen LogP contribution in [0.5, 0.6) is 0 Å². The quantitative estimate of drug-likeness (QED) is 0.737. The first-order chi connectivity index (χ1) is 5.24. The van der Waals surface area contributed by atoms with Crippen molar-refractivity contribution in [2.24, 2.45) is 0 Å². The molecule has 0 aliphatic carbocycles. The number of hydrogen-bond donors (Lipinski definition) is 1. The third-order valence-electron chi connectivity index (χ3n) is 1.33. The van der Waals surface area contributed by atoms with Gasteiger partial charge in [-0.1, -0.05) is 24.9 Å². The molecule has 0 radical (unpaired) electrons. The Morgan fingerprint density at radius 3 is 3.00 bits per heavy atom. The molecule has 0 saturated carbocycles. The van der Waals surface area contributed by atoms with Crippen molar-refractivity contribution in [2.75, 3.05) is 5.73 Å². The van der Waals surface area contributed by atoms with Gasteiger partial charge in [0.05, 0.1) is 11.9 Å². The number of anilines is 1. The van der Waals surface area contributed by atoms with Gasteiger partial charge >= 0.3 is 0 Å². The zero-order valence-corrected chi connectivity index (χ0v) is 7.10. The van der Waals surface area contributed by atoms with Gasteiger partial charge in [-0.25, -0.2) is 9.97 Å². The predicted octanol–water partition coefficient (Wildman–Crippen LogP) is 1.66. The van der Waals surface area contributed by atoms with Crippen molar-refractivity contribution >= 4 is 17.4 Å². The molecule has 0 aliphatic rings. The van der Waals surface area contributed by atoms with Crippen LogP contribution in [0.3, 0.4) is 0 Å². The average Bonchev–Trinajstić information content (AvgIpc) is 1.98. The molecular weight excluding hydrogens is 162 g/mol. The summed E-state index contributed by atoms with van der Waals surface area (Å²) in [4.78, 5) is 7.92. The van der Waals surface area contributed by atoms with E-state index < -0.39 is 0 Å². The van der Waals surface area contributed by atoms with E-state index in [4.69, 9.17) is 17.3 Å². The molecule has 0 fully saturated rings. The van der Waals surface area contributed by atoms with Crippen LogP contribution in [0.15, 0.2) is 6.20 Å². The molecule has 0 atom stereocenters. The summed E-state index contributed by atoms with van der Waals surface area (Å²) >= 11 is 5.62. The van der Waals surface area contributed by atoms with Gasteiger partial charge < -0.3 is 5.73 Å². The Morgan fingerprint density at radius 2 is 2.36 bits per heavy atom. The van der Waals surface area contributed by atoms with Crippen molar-refractivity contribution in [1.29, 1.82) is 0 Å². The maximum absolute atomic E-state index is 5.62. The summed E-state index contributed by atoms with van der Waals surface area (Å²) in [6.07, 6.45) is 3.29. The van der Waals surface area contributed by atoms with Crippen molar-refractivity contribution in [1.82, 2.24) is 9.97 Å². The summed E-state index contributed by atoms with van der Waals surface area (Å²) < 4.78 is 0. The molecule has 11 heavy (non-hydrogen) atoms. The number of aryl methyl sites for hydroxylation is 1. The standard InChI is InChI=1S/C7H10ClN3/c1-2-3-5-7(9)10-4-6(8)11-5/h4H,2-3H2,1H3,(H2,9,10). The smallest absolute Gasteiger partial charge is 0.147 e. The molecule has 0 aliphatic heterocycles. The molecule has 4 heteroatoms. The highest BCUT2D eigenvalue weighted by atomic mass is 35.5. The van der Waals surface area contributed by atoms with Crippen LogP contribution in [0.25, 0.3) is 0 Å². The number of rotatable bonds is 2. The first-order valence-corrected chi connectivity index (χ1v) is 3.88. The number of aromatic nitrogens is 2. The van der Waals surface area contributed by atoms with Gasteiger partial charge in [-0.15, -0.1) is 0 Å². The minimum absolute atomic E-state index is 0.405. The van der Waals surface area contributed by atoms with E-state index in [0.29, 0.717) is 11.0 Å². The first kappa shape index (κ1) is 8.27. The zero-order valence-electron chi connectivity index (χ0n) is 6.34. The molecule has 2 N–H and O–H groups in total. The second-order valence-electron chi connectivity index (χ2n) is 2.27. The summed E-state index contributed by atoms with van der Waals surface area (Å²) in [5.41, 5.74) is 6.33. The van der Waals surface area contributed by atoms with E-state index >= 15 is 0 Å². The molecule has 1 aromatic rings. The maximum Gasteiger partial charge on any atom is 0.147 e. The fourth-order valence-corrected chi connectivity index (χ4v) is 0.984. The third-order valence-corrected chi connectivity index (χ3v) is 1.52. The summed E-state index contributed by atoms with van der Waals surface area (Å²) in [6, 6.07) is 0. The van der Waals surface area contributed by atoms with E-state index in [2.05, 4.69) is 16.9 Å². The second kappa shape index (κ2) is 3.53. The van der Waals surface area contributed by atoms with Crippen LogP contribution < -0.4 is 5.73 Å². The minimum Gasteiger partial charge on any atom is -0.382 e. The number of nitrogens with zero attached hydrogens (tertiary/aromatic N) is 2. The highest BCUT2D eigenvalue weighted by Crippen LogP contribution is 2.10. The molecule has 1 rings (SSSR count). The third kappa shape index (κ3) is 2.05. The van der Waals surface area contributed by atoms with Crippen LogP contribution in [0, 0.1) is 0 Å². The van der Waals surface area contributed by atoms with Crippen molar-refractivity contribution in [2.45, 2.75) is 19.8 Å². The Bertz CT molecular complexity index is 249. The van der Waals surface area contributed by atoms with Gasteiger partial charge in [-0.05, 0) is 6.42 Å². The molecule has 1 aromatic heterocycles. The predicted molar refractivity (Wildman–Crippen MR) is 45.4 cm³/mol. The highest BCUT2D eigenvalue weighted by Gasteiger charge is 2.00. The van der Waals surface area contributed by atoms with Gasteiger partial charge in [-0.2, -0.15) is 0 Å². The second-order valence-corrected chi connectivity index (χ2v) is 2.66. The van der Waals surface area contributed by atoms with Crippen LogP contribution in [0.4, 0.5) is 5.82 Å². The Hall–Kier alpha value is -0.830. The van der Waals surface area contributed by atoms with Gasteiger partial charge in [0.2, 0.25) is 0 Å². The number of halogens is 1. The normalized spacial score (nSPS) is 10.0. The zero-order chi connectivity index (χ0) is 8.27. The SMILES string of the molecule is CCCc1nc(Cl)cnc1N. The van der Waals surface area contributed by atoms with E-state index in [1.54, 1.807) is 0 Å². The van der Waals surface area contributed by atoms with E-state index in [0.717, 1.165) is 18.5 Å². The molecule has 0 aromatic carbocycles. The summed E-state index contributed by atoms with van der Waals surface area (Å²) in [6.45, 7) is 2.06. The molecule has 0 bridgehead atoms. The van der Waals surface area contributed by atoms with E-state index in [-0.39, 0.29) is 0 Å². The Balaban J connectivity index is 2.93. The van der Waals surface area contributed by atoms with E-state index in [9.17, 15) is 0 Å². The average molecular weight is 172 g/mol. The number of hydrogen-bond acceptors (Lipinski definition) is 3. The van der Waals surface area contributed by atoms with Gasteiger partial charge in [0, 0.05) is 0 Å². The molecule has 3 nitrogen and oxygen atoms in total.